The molecule has 2 rings (SSSR count). The van der Waals surface area contributed by atoms with Crippen LogP contribution in [0.2, 0.25) is 0 Å². The molecule has 102 valence electrons. The lowest BCUT2D eigenvalue weighted by atomic mass is 9.84. The highest BCUT2D eigenvalue weighted by Gasteiger charge is 2.48. The zero-order valence-corrected chi connectivity index (χ0v) is 10.1. The Morgan fingerprint density at radius 1 is 1.33 bits per heavy atom. The van der Waals surface area contributed by atoms with Crippen molar-refractivity contribution in [1.29, 1.82) is 5.41 Å². The van der Waals surface area contributed by atoms with E-state index in [1.165, 1.54) is 0 Å². The summed E-state index contributed by atoms with van der Waals surface area (Å²) >= 11 is 0. The van der Waals surface area contributed by atoms with Crippen molar-refractivity contribution in [1.82, 2.24) is 4.90 Å². The average molecular weight is 263 g/mol. The van der Waals surface area contributed by atoms with Gasteiger partial charge in [-0.2, -0.15) is 13.2 Å². The number of halogens is 3. The van der Waals surface area contributed by atoms with Crippen LogP contribution in [0.15, 0.2) is 5.16 Å². The summed E-state index contributed by atoms with van der Waals surface area (Å²) in [7, 11) is 1.75. The van der Waals surface area contributed by atoms with E-state index in [9.17, 15) is 13.2 Å². The molecule has 2 aliphatic rings. The van der Waals surface area contributed by atoms with E-state index in [2.05, 4.69) is 9.99 Å². The summed E-state index contributed by atoms with van der Waals surface area (Å²) in [5, 5.41) is 11.1. The fourth-order valence-electron chi connectivity index (χ4n) is 2.55. The molecule has 2 heterocycles. The van der Waals surface area contributed by atoms with Gasteiger partial charge in [0.15, 0.2) is 5.71 Å². The number of nitrogens with zero attached hydrogens (tertiary/aromatic N) is 2. The molecule has 2 unspecified atom stereocenters. The first-order chi connectivity index (χ1) is 8.41. The van der Waals surface area contributed by atoms with Gasteiger partial charge in [-0.25, -0.2) is 0 Å². The van der Waals surface area contributed by atoms with Gasteiger partial charge in [0.1, 0.15) is 6.61 Å². The Hall–Kier alpha value is -1.27. The van der Waals surface area contributed by atoms with Crippen LogP contribution in [0.5, 0.6) is 0 Å². The maximum Gasteiger partial charge on any atom is 0.433 e. The second kappa shape index (κ2) is 4.78. The highest BCUT2D eigenvalue weighted by Crippen LogP contribution is 2.34. The Balaban J connectivity index is 2.20. The van der Waals surface area contributed by atoms with Crippen LogP contribution in [0.3, 0.4) is 0 Å². The second-order valence-corrected chi connectivity index (χ2v) is 4.79. The number of alkyl halides is 3. The third-order valence-electron chi connectivity index (χ3n) is 3.57. The molecular weight excluding hydrogens is 247 g/mol. The van der Waals surface area contributed by atoms with Crippen LogP contribution in [0, 0.1) is 17.2 Å². The monoisotopic (exact) mass is 263 g/mol. The SMILES string of the molecule is CN1CCCCC(C2CON=C2C(F)(F)F)C1=N. The third-order valence-corrected chi connectivity index (χ3v) is 3.57. The van der Waals surface area contributed by atoms with Gasteiger partial charge in [0.2, 0.25) is 0 Å². The minimum Gasteiger partial charge on any atom is -0.395 e. The standard InChI is InChI=1S/C11H16F3N3O/c1-17-5-3-2-4-7(10(17)15)8-6-18-16-9(8)11(12,13)14/h7-8,15H,2-6H2,1H3. The van der Waals surface area contributed by atoms with Gasteiger partial charge >= 0.3 is 6.18 Å². The number of rotatable bonds is 1. The Bertz CT molecular complexity index is 367. The molecule has 2 atom stereocenters. The Labute approximate surface area is 103 Å². The van der Waals surface area contributed by atoms with E-state index < -0.39 is 23.7 Å². The molecule has 0 radical (unpaired) electrons. The van der Waals surface area contributed by atoms with Crippen molar-refractivity contribution < 1.29 is 18.0 Å². The summed E-state index contributed by atoms with van der Waals surface area (Å²) in [5.74, 6) is -1.02. The summed E-state index contributed by atoms with van der Waals surface area (Å²) in [4.78, 5) is 6.35. The van der Waals surface area contributed by atoms with Gasteiger partial charge in [-0.05, 0) is 12.8 Å². The van der Waals surface area contributed by atoms with Crippen LogP contribution < -0.4 is 0 Å². The van der Waals surface area contributed by atoms with E-state index >= 15 is 0 Å². The van der Waals surface area contributed by atoms with E-state index in [-0.39, 0.29) is 12.4 Å². The van der Waals surface area contributed by atoms with Gasteiger partial charge in [0.05, 0.1) is 11.8 Å². The summed E-state index contributed by atoms with van der Waals surface area (Å²) in [6, 6.07) is 0. The molecule has 0 spiro atoms. The number of amidine groups is 1. The van der Waals surface area contributed by atoms with Gasteiger partial charge in [-0.1, -0.05) is 11.6 Å². The van der Waals surface area contributed by atoms with Crippen molar-refractivity contribution in [3.05, 3.63) is 0 Å². The van der Waals surface area contributed by atoms with Gasteiger partial charge in [-0.15, -0.1) is 0 Å². The second-order valence-electron chi connectivity index (χ2n) is 4.79. The average Bonchev–Trinajstić information content (AvgIpc) is 2.70. The normalized spacial score (nSPS) is 29.9. The van der Waals surface area contributed by atoms with E-state index in [1.54, 1.807) is 11.9 Å². The number of oxime groups is 1. The predicted octanol–water partition coefficient (Wildman–Crippen LogP) is 2.26. The highest BCUT2D eigenvalue weighted by molar-refractivity contribution is 5.97. The molecule has 0 aromatic rings. The molecule has 4 nitrogen and oxygen atoms in total. The van der Waals surface area contributed by atoms with E-state index in [1.807, 2.05) is 0 Å². The molecule has 1 fully saturated rings. The fraction of sp³-hybridized carbons (Fsp3) is 0.818. The predicted molar refractivity (Wildman–Crippen MR) is 60.6 cm³/mol. The number of nitrogens with one attached hydrogen (secondary N) is 1. The van der Waals surface area contributed by atoms with Gasteiger partial charge in [-0.3, -0.25) is 5.41 Å². The lowest BCUT2D eigenvalue weighted by Gasteiger charge is -2.27. The minimum absolute atomic E-state index is 0.0737. The first-order valence-electron chi connectivity index (χ1n) is 5.98. The zero-order valence-electron chi connectivity index (χ0n) is 10.1. The van der Waals surface area contributed by atoms with E-state index in [0.29, 0.717) is 6.42 Å². The lowest BCUT2D eigenvalue weighted by Crippen LogP contribution is -2.41. The van der Waals surface area contributed by atoms with E-state index in [4.69, 9.17) is 5.41 Å². The summed E-state index contributed by atoms with van der Waals surface area (Å²) < 4.78 is 38.4. The maximum absolute atomic E-state index is 12.8. The largest absolute Gasteiger partial charge is 0.433 e. The molecule has 0 amide bonds. The quantitative estimate of drug-likeness (QED) is 0.789. The van der Waals surface area contributed by atoms with Crippen molar-refractivity contribution >= 4 is 11.5 Å². The van der Waals surface area contributed by atoms with Crippen molar-refractivity contribution in [2.75, 3.05) is 20.2 Å². The molecule has 2 aliphatic heterocycles. The minimum atomic E-state index is -4.47. The summed E-state index contributed by atoms with van der Waals surface area (Å²) in [6.45, 7) is 0.650. The molecule has 0 bridgehead atoms. The van der Waals surface area contributed by atoms with Crippen molar-refractivity contribution in [2.45, 2.75) is 25.4 Å². The van der Waals surface area contributed by atoms with Gasteiger partial charge in [0, 0.05) is 19.5 Å². The Kier molecular flexibility index (Phi) is 3.49. The van der Waals surface area contributed by atoms with Crippen LogP contribution in [-0.2, 0) is 4.84 Å². The Morgan fingerprint density at radius 3 is 2.72 bits per heavy atom. The van der Waals surface area contributed by atoms with Crippen LogP contribution in [0.25, 0.3) is 0 Å². The summed E-state index contributed by atoms with van der Waals surface area (Å²) in [6.07, 6.45) is -2.14. The molecule has 0 aliphatic carbocycles. The number of hydrogen-bond acceptors (Lipinski definition) is 3. The number of likely N-dealkylation sites (tertiary alicyclic amines) is 1. The maximum atomic E-state index is 12.8. The first kappa shape index (κ1) is 13.2. The molecule has 18 heavy (non-hydrogen) atoms. The van der Waals surface area contributed by atoms with Gasteiger partial charge < -0.3 is 9.74 Å². The molecule has 1 saturated heterocycles. The van der Waals surface area contributed by atoms with Crippen LogP contribution in [0.1, 0.15) is 19.3 Å². The van der Waals surface area contributed by atoms with Crippen LogP contribution in [-0.4, -0.2) is 42.8 Å². The molecule has 0 saturated carbocycles. The highest BCUT2D eigenvalue weighted by atomic mass is 19.4. The van der Waals surface area contributed by atoms with Crippen molar-refractivity contribution in [3.8, 4) is 0 Å². The Morgan fingerprint density at radius 2 is 2.06 bits per heavy atom. The first-order valence-corrected chi connectivity index (χ1v) is 5.98. The lowest BCUT2D eigenvalue weighted by molar-refractivity contribution is -0.0628. The molecule has 0 aromatic carbocycles. The van der Waals surface area contributed by atoms with Gasteiger partial charge in [0.25, 0.3) is 0 Å². The van der Waals surface area contributed by atoms with Crippen LogP contribution in [0.4, 0.5) is 13.2 Å². The van der Waals surface area contributed by atoms with E-state index in [0.717, 1.165) is 19.4 Å². The van der Waals surface area contributed by atoms with Crippen LogP contribution >= 0.6 is 0 Å². The molecule has 7 heteroatoms. The topological polar surface area (TPSA) is 48.7 Å². The molecular formula is C11H16F3N3O. The smallest absolute Gasteiger partial charge is 0.395 e. The van der Waals surface area contributed by atoms with Crippen molar-refractivity contribution in [3.63, 3.8) is 0 Å². The zero-order chi connectivity index (χ0) is 13.3. The molecule has 1 N–H and O–H groups in total. The number of hydrogen-bond donors (Lipinski definition) is 1. The fourth-order valence-corrected chi connectivity index (χ4v) is 2.55. The molecule has 0 aromatic heterocycles. The summed E-state index contributed by atoms with van der Waals surface area (Å²) in [5.41, 5.74) is -0.868. The van der Waals surface area contributed by atoms with Crippen molar-refractivity contribution in [2.24, 2.45) is 17.0 Å². The third kappa shape index (κ3) is 2.44.